The molecule has 112 valence electrons. The van der Waals surface area contributed by atoms with E-state index in [1.807, 2.05) is 31.3 Å². The van der Waals surface area contributed by atoms with Gasteiger partial charge in [-0.15, -0.1) is 0 Å². The summed E-state index contributed by atoms with van der Waals surface area (Å²) in [4.78, 5) is 13.1. The van der Waals surface area contributed by atoms with Crippen molar-refractivity contribution in [1.82, 2.24) is 15.3 Å². The van der Waals surface area contributed by atoms with E-state index >= 15 is 0 Å². The van der Waals surface area contributed by atoms with Crippen molar-refractivity contribution in [2.75, 3.05) is 50.2 Å². The second kappa shape index (κ2) is 6.85. The summed E-state index contributed by atoms with van der Waals surface area (Å²) < 4.78 is 5.61. The molecule has 1 N–H and O–H groups in total. The van der Waals surface area contributed by atoms with Gasteiger partial charge in [0.1, 0.15) is 5.82 Å². The molecule has 2 rings (SSSR count). The van der Waals surface area contributed by atoms with E-state index < -0.39 is 0 Å². The number of rotatable bonds is 5. The van der Waals surface area contributed by atoms with E-state index in [2.05, 4.69) is 34.0 Å². The summed E-state index contributed by atoms with van der Waals surface area (Å²) in [6.07, 6.45) is 1.82. The first kappa shape index (κ1) is 15.0. The molecular formula is C14H25N5O. The molecule has 1 aromatic heterocycles. The minimum absolute atomic E-state index is 0.316. The third-order valence-electron chi connectivity index (χ3n) is 3.31. The number of ether oxygens (including phenoxy) is 1. The maximum Gasteiger partial charge on any atom is 0.226 e. The van der Waals surface area contributed by atoms with Crippen LogP contribution in [0.4, 0.5) is 11.8 Å². The fraction of sp³-hybridized carbons (Fsp3) is 0.714. The van der Waals surface area contributed by atoms with Crippen molar-refractivity contribution < 1.29 is 4.74 Å². The van der Waals surface area contributed by atoms with E-state index in [4.69, 9.17) is 4.74 Å². The van der Waals surface area contributed by atoms with Gasteiger partial charge in [0.25, 0.3) is 0 Å². The van der Waals surface area contributed by atoms with Crippen molar-refractivity contribution in [2.45, 2.75) is 25.9 Å². The monoisotopic (exact) mass is 279 g/mol. The first-order valence-electron chi connectivity index (χ1n) is 7.16. The van der Waals surface area contributed by atoms with Gasteiger partial charge in [-0.25, -0.2) is 4.98 Å². The molecular weight excluding hydrogens is 254 g/mol. The van der Waals surface area contributed by atoms with Gasteiger partial charge in [0.2, 0.25) is 5.95 Å². The topological polar surface area (TPSA) is 53.5 Å². The van der Waals surface area contributed by atoms with Gasteiger partial charge in [0, 0.05) is 39.4 Å². The van der Waals surface area contributed by atoms with E-state index in [-0.39, 0.29) is 0 Å². The zero-order valence-electron chi connectivity index (χ0n) is 12.8. The highest BCUT2D eigenvalue weighted by Crippen LogP contribution is 2.18. The third-order valence-corrected chi connectivity index (χ3v) is 3.31. The van der Waals surface area contributed by atoms with Crippen LogP contribution < -0.4 is 15.1 Å². The SMILES string of the molecule is CC(C)NCC1COCCN1c1ccnc(N(C)C)n1. The predicted octanol–water partition coefficient (Wildman–Crippen LogP) is 0.746. The Morgan fingerprint density at radius 2 is 2.30 bits per heavy atom. The summed E-state index contributed by atoms with van der Waals surface area (Å²) in [6, 6.07) is 2.76. The Labute approximate surface area is 121 Å². The highest BCUT2D eigenvalue weighted by Gasteiger charge is 2.24. The molecule has 1 aliphatic rings. The van der Waals surface area contributed by atoms with E-state index in [1.165, 1.54) is 0 Å². The van der Waals surface area contributed by atoms with Gasteiger partial charge in [-0.3, -0.25) is 0 Å². The maximum absolute atomic E-state index is 5.61. The van der Waals surface area contributed by atoms with Crippen molar-refractivity contribution in [2.24, 2.45) is 0 Å². The highest BCUT2D eigenvalue weighted by molar-refractivity contribution is 5.44. The molecule has 20 heavy (non-hydrogen) atoms. The van der Waals surface area contributed by atoms with Gasteiger partial charge in [-0.05, 0) is 6.07 Å². The third kappa shape index (κ3) is 3.80. The Bertz CT molecular complexity index is 424. The average molecular weight is 279 g/mol. The zero-order valence-corrected chi connectivity index (χ0v) is 12.8. The normalized spacial score (nSPS) is 19.4. The minimum atomic E-state index is 0.316. The molecule has 1 aliphatic heterocycles. The Hall–Kier alpha value is -1.40. The summed E-state index contributed by atoms with van der Waals surface area (Å²) in [7, 11) is 3.91. The molecule has 1 unspecified atom stereocenters. The van der Waals surface area contributed by atoms with Crippen LogP contribution in [-0.2, 0) is 4.74 Å². The lowest BCUT2D eigenvalue weighted by Gasteiger charge is -2.37. The Balaban J connectivity index is 2.12. The fourth-order valence-corrected chi connectivity index (χ4v) is 2.21. The van der Waals surface area contributed by atoms with Gasteiger partial charge in [0.15, 0.2) is 0 Å². The van der Waals surface area contributed by atoms with Crippen LogP contribution in [0.2, 0.25) is 0 Å². The Morgan fingerprint density at radius 3 is 3.00 bits per heavy atom. The number of anilines is 2. The molecule has 1 aromatic rings. The van der Waals surface area contributed by atoms with E-state index in [0.29, 0.717) is 12.1 Å². The predicted molar refractivity (Wildman–Crippen MR) is 81.5 cm³/mol. The van der Waals surface area contributed by atoms with Gasteiger partial charge < -0.3 is 19.9 Å². The minimum Gasteiger partial charge on any atom is -0.377 e. The van der Waals surface area contributed by atoms with Crippen LogP contribution in [0.25, 0.3) is 0 Å². The van der Waals surface area contributed by atoms with Crippen LogP contribution in [0.3, 0.4) is 0 Å². The standard InChI is InChI=1S/C14H25N5O/c1-11(2)16-9-12-10-20-8-7-19(12)13-5-6-15-14(17-13)18(3)4/h5-6,11-12,16H,7-10H2,1-4H3. The van der Waals surface area contributed by atoms with E-state index in [1.54, 1.807) is 0 Å². The molecule has 0 aliphatic carbocycles. The molecule has 2 heterocycles. The highest BCUT2D eigenvalue weighted by atomic mass is 16.5. The molecule has 0 bridgehead atoms. The lowest BCUT2D eigenvalue weighted by Crippen LogP contribution is -2.51. The number of nitrogens with zero attached hydrogens (tertiary/aromatic N) is 4. The molecule has 1 atom stereocenters. The molecule has 1 saturated heterocycles. The average Bonchev–Trinajstić information content (AvgIpc) is 2.45. The maximum atomic E-state index is 5.61. The molecule has 0 amide bonds. The van der Waals surface area contributed by atoms with Crippen LogP contribution in [0.15, 0.2) is 12.3 Å². The summed E-state index contributed by atoms with van der Waals surface area (Å²) in [6.45, 7) is 7.57. The first-order chi connectivity index (χ1) is 9.58. The summed E-state index contributed by atoms with van der Waals surface area (Å²) in [5.41, 5.74) is 0. The Kier molecular flexibility index (Phi) is 5.14. The van der Waals surface area contributed by atoms with Crippen molar-refractivity contribution in [1.29, 1.82) is 0 Å². The fourth-order valence-electron chi connectivity index (χ4n) is 2.21. The van der Waals surface area contributed by atoms with Gasteiger partial charge in [0.05, 0.1) is 19.3 Å². The lowest BCUT2D eigenvalue weighted by molar-refractivity contribution is 0.0928. The second-order valence-electron chi connectivity index (χ2n) is 5.59. The van der Waals surface area contributed by atoms with E-state index in [0.717, 1.165) is 38.1 Å². The number of aromatic nitrogens is 2. The van der Waals surface area contributed by atoms with Gasteiger partial charge in [-0.2, -0.15) is 4.98 Å². The molecule has 1 fully saturated rings. The quantitative estimate of drug-likeness (QED) is 0.858. The largest absolute Gasteiger partial charge is 0.377 e. The van der Waals surface area contributed by atoms with Crippen LogP contribution in [-0.4, -0.2) is 62.5 Å². The van der Waals surface area contributed by atoms with Crippen molar-refractivity contribution >= 4 is 11.8 Å². The molecule has 0 spiro atoms. The summed E-state index contributed by atoms with van der Waals surface area (Å²) in [5.74, 6) is 1.71. The van der Waals surface area contributed by atoms with Gasteiger partial charge in [-0.1, -0.05) is 13.8 Å². The number of hydrogen-bond donors (Lipinski definition) is 1. The molecule has 6 nitrogen and oxygen atoms in total. The molecule has 0 aromatic carbocycles. The lowest BCUT2D eigenvalue weighted by atomic mass is 10.2. The van der Waals surface area contributed by atoms with Crippen molar-refractivity contribution in [3.63, 3.8) is 0 Å². The molecule has 0 radical (unpaired) electrons. The van der Waals surface area contributed by atoms with Crippen molar-refractivity contribution in [3.05, 3.63) is 12.3 Å². The second-order valence-corrected chi connectivity index (χ2v) is 5.59. The Morgan fingerprint density at radius 1 is 1.50 bits per heavy atom. The van der Waals surface area contributed by atoms with Crippen LogP contribution in [0.5, 0.6) is 0 Å². The molecule has 6 heteroatoms. The van der Waals surface area contributed by atoms with Crippen LogP contribution in [0.1, 0.15) is 13.8 Å². The smallest absolute Gasteiger partial charge is 0.226 e. The number of nitrogens with one attached hydrogen (secondary N) is 1. The van der Waals surface area contributed by atoms with Crippen LogP contribution in [0, 0.1) is 0 Å². The van der Waals surface area contributed by atoms with Gasteiger partial charge >= 0.3 is 0 Å². The van der Waals surface area contributed by atoms with Crippen molar-refractivity contribution in [3.8, 4) is 0 Å². The van der Waals surface area contributed by atoms with E-state index in [9.17, 15) is 0 Å². The summed E-state index contributed by atoms with van der Waals surface area (Å²) >= 11 is 0. The number of hydrogen-bond acceptors (Lipinski definition) is 6. The summed E-state index contributed by atoms with van der Waals surface area (Å²) in [5, 5.41) is 3.48. The zero-order chi connectivity index (χ0) is 14.5. The van der Waals surface area contributed by atoms with Crippen LogP contribution >= 0.6 is 0 Å². The first-order valence-corrected chi connectivity index (χ1v) is 7.16. The molecule has 0 saturated carbocycles. The number of morpholine rings is 1.